The summed E-state index contributed by atoms with van der Waals surface area (Å²) in [6.07, 6.45) is 5.35. The number of nitrogens with one attached hydrogen (secondary N) is 1. The second-order valence-electron chi connectivity index (χ2n) is 6.83. The first-order valence-corrected chi connectivity index (χ1v) is 7.31. The van der Waals surface area contributed by atoms with Gasteiger partial charge in [0.05, 0.1) is 0 Å². The van der Waals surface area contributed by atoms with E-state index in [1.165, 1.54) is 25.7 Å². The number of hydrogen-bond acceptors (Lipinski definition) is 2. The molecule has 0 amide bonds. The van der Waals surface area contributed by atoms with Crippen molar-refractivity contribution in [2.45, 2.75) is 78.4 Å². The van der Waals surface area contributed by atoms with Crippen molar-refractivity contribution >= 4 is 0 Å². The van der Waals surface area contributed by atoms with Gasteiger partial charge in [-0.15, -0.1) is 0 Å². The van der Waals surface area contributed by atoms with Crippen molar-refractivity contribution in [3.63, 3.8) is 0 Å². The van der Waals surface area contributed by atoms with Gasteiger partial charge in [-0.1, -0.05) is 34.1 Å². The summed E-state index contributed by atoms with van der Waals surface area (Å²) in [4.78, 5) is 2.58. The van der Waals surface area contributed by atoms with Gasteiger partial charge in [0.25, 0.3) is 0 Å². The SMILES string of the molecule is CCCC(CNC1CC1)N(C)C(C)C(C)(C)C. The Bertz CT molecular complexity index is 215. The van der Waals surface area contributed by atoms with Crippen molar-refractivity contribution in [3.05, 3.63) is 0 Å². The van der Waals surface area contributed by atoms with Crippen molar-refractivity contribution in [2.75, 3.05) is 13.6 Å². The van der Waals surface area contributed by atoms with Crippen molar-refractivity contribution in [3.8, 4) is 0 Å². The molecule has 0 heterocycles. The zero-order valence-corrected chi connectivity index (χ0v) is 12.7. The Morgan fingerprint density at radius 1 is 1.29 bits per heavy atom. The fourth-order valence-electron chi connectivity index (χ4n) is 2.30. The first kappa shape index (κ1) is 15.0. The molecule has 1 aliphatic rings. The number of hydrogen-bond donors (Lipinski definition) is 1. The normalized spacial score (nSPS) is 20.6. The third kappa shape index (κ3) is 4.97. The lowest BCUT2D eigenvalue weighted by Crippen LogP contribution is -2.49. The first-order chi connectivity index (χ1) is 7.86. The van der Waals surface area contributed by atoms with Crippen molar-refractivity contribution in [1.29, 1.82) is 0 Å². The topological polar surface area (TPSA) is 15.3 Å². The standard InChI is InChI=1S/C15H32N2/c1-7-8-14(11-16-13-9-10-13)17(6)12(2)15(3,4)5/h12-14,16H,7-11H2,1-6H3. The molecule has 1 rings (SSSR count). The molecular formula is C15H32N2. The van der Waals surface area contributed by atoms with Crippen LogP contribution in [0.3, 0.4) is 0 Å². The molecule has 1 aliphatic carbocycles. The maximum Gasteiger partial charge on any atom is 0.0220 e. The van der Waals surface area contributed by atoms with Crippen LogP contribution >= 0.6 is 0 Å². The summed E-state index contributed by atoms with van der Waals surface area (Å²) in [7, 11) is 2.30. The van der Waals surface area contributed by atoms with E-state index in [1.54, 1.807) is 0 Å². The highest BCUT2D eigenvalue weighted by Gasteiger charge is 2.29. The van der Waals surface area contributed by atoms with Crippen LogP contribution in [0.1, 0.15) is 60.3 Å². The molecule has 0 spiro atoms. The van der Waals surface area contributed by atoms with E-state index in [1.807, 2.05) is 0 Å². The van der Waals surface area contributed by atoms with E-state index in [9.17, 15) is 0 Å². The predicted molar refractivity (Wildman–Crippen MR) is 76.4 cm³/mol. The Morgan fingerprint density at radius 2 is 1.88 bits per heavy atom. The maximum absolute atomic E-state index is 3.69. The van der Waals surface area contributed by atoms with Gasteiger partial charge in [-0.2, -0.15) is 0 Å². The van der Waals surface area contributed by atoms with Crippen LogP contribution in [-0.4, -0.2) is 36.6 Å². The summed E-state index contributed by atoms with van der Waals surface area (Å²) in [6, 6.07) is 2.14. The molecule has 2 nitrogen and oxygen atoms in total. The van der Waals surface area contributed by atoms with Gasteiger partial charge < -0.3 is 5.32 Å². The molecule has 2 heteroatoms. The fourth-order valence-corrected chi connectivity index (χ4v) is 2.30. The lowest BCUT2D eigenvalue weighted by molar-refractivity contribution is 0.0912. The van der Waals surface area contributed by atoms with Crippen LogP contribution in [0.4, 0.5) is 0 Å². The van der Waals surface area contributed by atoms with Crippen molar-refractivity contribution in [1.82, 2.24) is 10.2 Å². The van der Waals surface area contributed by atoms with Crippen LogP contribution < -0.4 is 5.32 Å². The molecule has 1 N–H and O–H groups in total. The van der Waals surface area contributed by atoms with Gasteiger partial charge in [-0.05, 0) is 38.6 Å². The lowest BCUT2D eigenvalue weighted by Gasteiger charge is -2.40. The Labute approximate surface area is 108 Å². The first-order valence-electron chi connectivity index (χ1n) is 7.31. The third-order valence-corrected chi connectivity index (χ3v) is 4.28. The molecule has 0 radical (unpaired) electrons. The molecule has 0 aromatic rings. The summed E-state index contributed by atoms with van der Waals surface area (Å²) >= 11 is 0. The van der Waals surface area contributed by atoms with E-state index in [0.717, 1.165) is 12.6 Å². The van der Waals surface area contributed by atoms with E-state index in [4.69, 9.17) is 0 Å². The highest BCUT2D eigenvalue weighted by atomic mass is 15.2. The molecule has 0 saturated heterocycles. The monoisotopic (exact) mass is 240 g/mol. The lowest BCUT2D eigenvalue weighted by atomic mass is 9.86. The van der Waals surface area contributed by atoms with Crippen LogP contribution in [-0.2, 0) is 0 Å². The van der Waals surface area contributed by atoms with Crippen molar-refractivity contribution in [2.24, 2.45) is 5.41 Å². The molecule has 0 bridgehead atoms. The summed E-state index contributed by atoms with van der Waals surface area (Å²) < 4.78 is 0. The maximum atomic E-state index is 3.69. The summed E-state index contributed by atoms with van der Waals surface area (Å²) in [5.41, 5.74) is 0.361. The van der Waals surface area contributed by atoms with Gasteiger partial charge in [0, 0.05) is 24.7 Å². The van der Waals surface area contributed by atoms with Gasteiger partial charge in [0.1, 0.15) is 0 Å². The van der Waals surface area contributed by atoms with E-state index in [2.05, 4.69) is 51.9 Å². The average molecular weight is 240 g/mol. The third-order valence-electron chi connectivity index (χ3n) is 4.28. The van der Waals surface area contributed by atoms with Crippen LogP contribution in [0, 0.1) is 5.41 Å². The largest absolute Gasteiger partial charge is 0.312 e. The number of likely N-dealkylation sites (N-methyl/N-ethyl adjacent to an activating group) is 1. The Morgan fingerprint density at radius 3 is 2.29 bits per heavy atom. The summed E-state index contributed by atoms with van der Waals surface area (Å²) in [5, 5.41) is 3.69. The Balaban J connectivity index is 2.48. The molecule has 1 fully saturated rings. The van der Waals surface area contributed by atoms with E-state index < -0.39 is 0 Å². The fraction of sp³-hybridized carbons (Fsp3) is 1.00. The zero-order chi connectivity index (χ0) is 13.1. The van der Waals surface area contributed by atoms with E-state index in [0.29, 0.717) is 17.5 Å². The van der Waals surface area contributed by atoms with Gasteiger partial charge in [-0.25, -0.2) is 0 Å². The van der Waals surface area contributed by atoms with Gasteiger partial charge in [0.2, 0.25) is 0 Å². The van der Waals surface area contributed by atoms with E-state index >= 15 is 0 Å². The zero-order valence-electron chi connectivity index (χ0n) is 12.7. The molecule has 0 aromatic carbocycles. The minimum absolute atomic E-state index is 0.361. The molecular weight excluding hydrogens is 208 g/mol. The quantitative estimate of drug-likeness (QED) is 0.735. The minimum atomic E-state index is 0.361. The Hall–Kier alpha value is -0.0800. The Kier molecular flexibility index (Phi) is 5.46. The van der Waals surface area contributed by atoms with Crippen LogP contribution in [0.15, 0.2) is 0 Å². The van der Waals surface area contributed by atoms with Gasteiger partial charge >= 0.3 is 0 Å². The summed E-state index contributed by atoms with van der Waals surface area (Å²) in [5.74, 6) is 0. The summed E-state index contributed by atoms with van der Waals surface area (Å²) in [6.45, 7) is 12.8. The highest BCUT2D eigenvalue weighted by Crippen LogP contribution is 2.26. The highest BCUT2D eigenvalue weighted by molar-refractivity contribution is 4.87. The van der Waals surface area contributed by atoms with Crippen molar-refractivity contribution < 1.29 is 0 Å². The molecule has 17 heavy (non-hydrogen) atoms. The second-order valence-corrected chi connectivity index (χ2v) is 6.83. The predicted octanol–water partition coefficient (Wildman–Crippen LogP) is 3.27. The number of nitrogens with zero attached hydrogens (tertiary/aromatic N) is 1. The second kappa shape index (κ2) is 6.19. The molecule has 102 valence electrons. The average Bonchev–Trinajstić information content (AvgIpc) is 3.04. The van der Waals surface area contributed by atoms with Crippen LogP contribution in [0.5, 0.6) is 0 Å². The number of rotatable bonds is 7. The van der Waals surface area contributed by atoms with Gasteiger partial charge in [0.15, 0.2) is 0 Å². The molecule has 2 atom stereocenters. The molecule has 0 aromatic heterocycles. The minimum Gasteiger partial charge on any atom is -0.312 e. The molecule has 0 aliphatic heterocycles. The smallest absolute Gasteiger partial charge is 0.0220 e. The van der Waals surface area contributed by atoms with E-state index in [-0.39, 0.29) is 0 Å². The van der Waals surface area contributed by atoms with Crippen LogP contribution in [0.2, 0.25) is 0 Å². The molecule has 2 unspecified atom stereocenters. The molecule has 1 saturated carbocycles. The van der Waals surface area contributed by atoms with Crippen LogP contribution in [0.25, 0.3) is 0 Å². The van der Waals surface area contributed by atoms with Gasteiger partial charge in [-0.3, -0.25) is 4.90 Å².